The maximum absolute atomic E-state index is 12.2. The van der Waals surface area contributed by atoms with Crippen LogP contribution >= 0.6 is 0 Å². The van der Waals surface area contributed by atoms with Crippen LogP contribution in [-0.4, -0.2) is 30.6 Å². The average molecular weight is 323 g/mol. The fourth-order valence-corrected chi connectivity index (χ4v) is 2.51. The standard InChI is InChI=1S/C16H19F2N3O2/c1-11(13-2-4-14(5-3-13)23-15(17)18)20-16(22)21-8-6-12(10-19)7-9-21/h2-5,11-12,15H,6-9H2,1H3,(H,20,22)/t11-/m0/s1. The zero-order valence-electron chi connectivity index (χ0n) is 12.8. The highest BCUT2D eigenvalue weighted by molar-refractivity contribution is 5.74. The zero-order chi connectivity index (χ0) is 16.8. The Morgan fingerprint density at radius 1 is 1.35 bits per heavy atom. The molecule has 0 saturated carbocycles. The van der Waals surface area contributed by atoms with Gasteiger partial charge in [0.1, 0.15) is 5.75 Å². The number of urea groups is 1. The van der Waals surface area contributed by atoms with E-state index in [1.165, 1.54) is 12.1 Å². The first-order valence-corrected chi connectivity index (χ1v) is 7.49. The maximum atomic E-state index is 12.2. The molecule has 124 valence electrons. The largest absolute Gasteiger partial charge is 0.435 e. The number of piperidine rings is 1. The topological polar surface area (TPSA) is 65.4 Å². The predicted molar refractivity (Wildman–Crippen MR) is 79.9 cm³/mol. The molecule has 2 rings (SSSR count). The van der Waals surface area contributed by atoms with Gasteiger partial charge in [-0.15, -0.1) is 0 Å². The quantitative estimate of drug-likeness (QED) is 0.924. The monoisotopic (exact) mass is 323 g/mol. The molecule has 1 aliphatic rings. The van der Waals surface area contributed by atoms with Gasteiger partial charge in [0.2, 0.25) is 0 Å². The molecule has 1 aromatic carbocycles. The van der Waals surface area contributed by atoms with Crippen molar-refractivity contribution in [3.05, 3.63) is 29.8 Å². The van der Waals surface area contributed by atoms with Gasteiger partial charge >= 0.3 is 12.6 Å². The number of rotatable bonds is 4. The molecule has 1 heterocycles. The number of carbonyl (C=O) groups is 1. The highest BCUT2D eigenvalue weighted by Crippen LogP contribution is 2.20. The summed E-state index contributed by atoms with van der Waals surface area (Å²) in [6.07, 6.45) is 1.38. The summed E-state index contributed by atoms with van der Waals surface area (Å²) in [7, 11) is 0. The Morgan fingerprint density at radius 2 is 1.96 bits per heavy atom. The number of halogens is 2. The number of likely N-dealkylation sites (tertiary alicyclic amines) is 1. The summed E-state index contributed by atoms with van der Waals surface area (Å²) in [5, 5.41) is 11.7. The van der Waals surface area contributed by atoms with Crippen LogP contribution < -0.4 is 10.1 Å². The summed E-state index contributed by atoms with van der Waals surface area (Å²) in [4.78, 5) is 13.9. The van der Waals surface area contributed by atoms with Crippen LogP contribution in [0.3, 0.4) is 0 Å². The van der Waals surface area contributed by atoms with E-state index in [1.807, 2.05) is 6.92 Å². The van der Waals surface area contributed by atoms with Crippen molar-refractivity contribution in [3.63, 3.8) is 0 Å². The second-order valence-electron chi connectivity index (χ2n) is 5.51. The maximum Gasteiger partial charge on any atom is 0.387 e. The van der Waals surface area contributed by atoms with Gasteiger partial charge in [-0.2, -0.15) is 14.0 Å². The van der Waals surface area contributed by atoms with E-state index in [9.17, 15) is 13.6 Å². The van der Waals surface area contributed by atoms with E-state index >= 15 is 0 Å². The van der Waals surface area contributed by atoms with Crippen molar-refractivity contribution < 1.29 is 18.3 Å². The number of ether oxygens (including phenoxy) is 1. The number of nitrogens with zero attached hydrogens (tertiary/aromatic N) is 2. The van der Waals surface area contributed by atoms with Crippen LogP contribution in [0.15, 0.2) is 24.3 Å². The number of nitriles is 1. The lowest BCUT2D eigenvalue weighted by molar-refractivity contribution is -0.0498. The molecule has 23 heavy (non-hydrogen) atoms. The van der Waals surface area contributed by atoms with Gasteiger partial charge in [0, 0.05) is 19.0 Å². The molecule has 1 aliphatic heterocycles. The van der Waals surface area contributed by atoms with Crippen molar-refractivity contribution in [3.8, 4) is 11.8 Å². The zero-order valence-corrected chi connectivity index (χ0v) is 12.8. The van der Waals surface area contributed by atoms with Gasteiger partial charge in [-0.25, -0.2) is 4.79 Å². The average Bonchev–Trinajstić information content (AvgIpc) is 2.55. The minimum atomic E-state index is -2.85. The normalized spacial score (nSPS) is 16.7. The first kappa shape index (κ1) is 17.0. The van der Waals surface area contributed by atoms with Crippen molar-refractivity contribution in [1.82, 2.24) is 10.2 Å². The molecule has 0 bridgehead atoms. The van der Waals surface area contributed by atoms with Crippen LogP contribution in [0.2, 0.25) is 0 Å². The molecular formula is C16H19F2N3O2. The Hall–Kier alpha value is -2.36. The lowest BCUT2D eigenvalue weighted by Crippen LogP contribution is -2.45. The van der Waals surface area contributed by atoms with Crippen molar-refractivity contribution in [2.24, 2.45) is 5.92 Å². The summed E-state index contributed by atoms with van der Waals surface area (Å²) >= 11 is 0. The second kappa shape index (κ2) is 7.77. The van der Waals surface area contributed by atoms with Crippen LogP contribution in [-0.2, 0) is 0 Å². The van der Waals surface area contributed by atoms with Crippen LogP contribution in [0.25, 0.3) is 0 Å². The van der Waals surface area contributed by atoms with Crippen molar-refractivity contribution in [1.29, 1.82) is 5.26 Å². The SMILES string of the molecule is C[C@H](NC(=O)N1CCC(C#N)CC1)c1ccc(OC(F)F)cc1. The number of benzene rings is 1. The Bertz CT molecular complexity index is 564. The third-order valence-electron chi connectivity index (χ3n) is 3.91. The van der Waals surface area contributed by atoms with Crippen molar-refractivity contribution in [2.45, 2.75) is 32.4 Å². The van der Waals surface area contributed by atoms with E-state index in [4.69, 9.17) is 5.26 Å². The molecule has 5 nitrogen and oxygen atoms in total. The summed E-state index contributed by atoms with van der Waals surface area (Å²) < 4.78 is 28.5. The van der Waals surface area contributed by atoms with Crippen molar-refractivity contribution in [2.75, 3.05) is 13.1 Å². The van der Waals surface area contributed by atoms with Crippen LogP contribution in [0.4, 0.5) is 13.6 Å². The number of carbonyl (C=O) groups excluding carboxylic acids is 1. The van der Waals surface area contributed by atoms with Crippen LogP contribution in [0.1, 0.15) is 31.4 Å². The van der Waals surface area contributed by atoms with Gasteiger partial charge in [0.15, 0.2) is 0 Å². The Labute approximate surface area is 133 Å². The molecule has 1 atom stereocenters. The predicted octanol–water partition coefficient (Wildman–Crippen LogP) is 3.29. The van der Waals surface area contributed by atoms with E-state index in [0.717, 1.165) is 5.56 Å². The Kier molecular flexibility index (Phi) is 5.74. The summed E-state index contributed by atoms with van der Waals surface area (Å²) in [5.41, 5.74) is 0.798. The molecule has 1 fully saturated rings. The van der Waals surface area contributed by atoms with Gasteiger partial charge in [-0.3, -0.25) is 0 Å². The van der Waals surface area contributed by atoms with E-state index in [-0.39, 0.29) is 23.7 Å². The molecular weight excluding hydrogens is 304 g/mol. The number of amides is 2. The number of nitrogens with one attached hydrogen (secondary N) is 1. The fourth-order valence-electron chi connectivity index (χ4n) is 2.51. The van der Waals surface area contributed by atoms with E-state index in [0.29, 0.717) is 25.9 Å². The Balaban J connectivity index is 1.87. The lowest BCUT2D eigenvalue weighted by Gasteiger charge is -2.30. The molecule has 0 spiro atoms. The summed E-state index contributed by atoms with van der Waals surface area (Å²) in [6, 6.07) is 7.97. The van der Waals surface area contributed by atoms with Gasteiger partial charge < -0.3 is 15.0 Å². The molecule has 1 saturated heterocycles. The highest BCUT2D eigenvalue weighted by Gasteiger charge is 2.23. The molecule has 1 N–H and O–H groups in total. The van der Waals surface area contributed by atoms with E-state index in [1.54, 1.807) is 17.0 Å². The highest BCUT2D eigenvalue weighted by atomic mass is 19.3. The Morgan fingerprint density at radius 3 is 2.48 bits per heavy atom. The first-order chi connectivity index (χ1) is 11.0. The number of alkyl halides is 2. The fraction of sp³-hybridized carbons (Fsp3) is 0.500. The number of hydrogen-bond donors (Lipinski definition) is 1. The molecule has 0 unspecified atom stereocenters. The third-order valence-corrected chi connectivity index (χ3v) is 3.91. The van der Waals surface area contributed by atoms with Gasteiger partial charge in [0.25, 0.3) is 0 Å². The minimum Gasteiger partial charge on any atom is -0.435 e. The minimum absolute atomic E-state index is 0.0267. The van der Waals surface area contributed by atoms with E-state index in [2.05, 4.69) is 16.1 Å². The van der Waals surface area contributed by atoms with Gasteiger partial charge in [-0.1, -0.05) is 12.1 Å². The lowest BCUT2D eigenvalue weighted by atomic mass is 9.99. The molecule has 0 aliphatic carbocycles. The molecule has 7 heteroatoms. The van der Waals surface area contributed by atoms with Crippen LogP contribution in [0.5, 0.6) is 5.75 Å². The number of hydrogen-bond acceptors (Lipinski definition) is 3. The van der Waals surface area contributed by atoms with Gasteiger partial charge in [0.05, 0.1) is 12.1 Å². The van der Waals surface area contributed by atoms with E-state index < -0.39 is 6.61 Å². The molecule has 1 aromatic rings. The van der Waals surface area contributed by atoms with Crippen LogP contribution in [0, 0.1) is 17.2 Å². The van der Waals surface area contributed by atoms with Gasteiger partial charge in [-0.05, 0) is 37.5 Å². The summed E-state index contributed by atoms with van der Waals surface area (Å²) in [6.45, 7) is 0.105. The second-order valence-corrected chi connectivity index (χ2v) is 5.51. The molecule has 2 amide bonds. The molecule has 0 radical (unpaired) electrons. The first-order valence-electron chi connectivity index (χ1n) is 7.49. The smallest absolute Gasteiger partial charge is 0.387 e. The molecule has 0 aromatic heterocycles. The van der Waals surface area contributed by atoms with Crippen molar-refractivity contribution >= 4 is 6.03 Å². The summed E-state index contributed by atoms with van der Waals surface area (Å²) in [5.74, 6) is 0.111. The third kappa shape index (κ3) is 4.81.